The van der Waals surface area contributed by atoms with Crippen LogP contribution in [0.1, 0.15) is 0 Å². The summed E-state index contributed by atoms with van der Waals surface area (Å²) in [5.74, 6) is 3.92. The molecule has 1 aromatic heterocycles. The maximum absolute atomic E-state index is 12.1. The van der Waals surface area contributed by atoms with E-state index in [1.54, 1.807) is 0 Å². The van der Waals surface area contributed by atoms with E-state index in [9.17, 15) is 18.5 Å². The van der Waals surface area contributed by atoms with Crippen molar-refractivity contribution < 1.29 is 13.3 Å². The summed E-state index contributed by atoms with van der Waals surface area (Å²) in [5, 5.41) is 10.4. The predicted molar refractivity (Wildman–Crippen MR) is 67.3 cm³/mol. The Morgan fingerprint density at radius 2 is 1.89 bits per heavy atom. The highest BCUT2D eigenvalue weighted by atomic mass is 32.2. The number of sulfonamides is 1. The molecule has 7 nitrogen and oxygen atoms in total. The van der Waals surface area contributed by atoms with Crippen LogP contribution in [0.3, 0.4) is 0 Å². The largest absolute Gasteiger partial charge is 0.363 e. The minimum atomic E-state index is -3.90. The molecule has 1 aromatic rings. The number of nitrogens with zero attached hydrogens (tertiary/aromatic N) is 3. The van der Waals surface area contributed by atoms with Crippen LogP contribution in [0.4, 0.5) is 5.82 Å². The van der Waals surface area contributed by atoms with Gasteiger partial charge in [0.15, 0.2) is 6.20 Å². The van der Waals surface area contributed by atoms with Crippen LogP contribution in [0.25, 0.3) is 0 Å². The molecule has 0 fully saturated rings. The molecule has 0 atom stereocenters. The van der Waals surface area contributed by atoms with Crippen molar-refractivity contribution in [3.8, 4) is 24.7 Å². The maximum Gasteiger partial charge on any atom is 0.363 e. The highest BCUT2D eigenvalue weighted by Gasteiger charge is 2.25. The van der Waals surface area contributed by atoms with Gasteiger partial charge in [0.05, 0.1) is 13.1 Å². The number of aromatic nitrogens is 1. The molecule has 0 N–H and O–H groups in total. The minimum Gasteiger partial charge on any atom is -0.358 e. The summed E-state index contributed by atoms with van der Waals surface area (Å²) in [7, 11) is -3.90. The Hall–Kier alpha value is -2.42. The third-order valence-electron chi connectivity index (χ3n) is 2.08. The zero-order chi connectivity index (χ0) is 14.5. The van der Waals surface area contributed by atoms with Crippen molar-refractivity contribution in [1.29, 1.82) is 0 Å². The van der Waals surface area contributed by atoms with Gasteiger partial charge in [-0.15, -0.1) is 12.8 Å². The van der Waals surface area contributed by atoms with Gasteiger partial charge in [-0.25, -0.2) is 8.42 Å². The maximum atomic E-state index is 12.1. The highest BCUT2D eigenvalue weighted by molar-refractivity contribution is 7.89. The average molecular weight is 279 g/mol. The Morgan fingerprint density at radius 3 is 2.26 bits per heavy atom. The van der Waals surface area contributed by atoms with Gasteiger partial charge in [-0.2, -0.15) is 4.31 Å². The predicted octanol–water partition coefficient (Wildman–Crippen LogP) is 0.247. The summed E-state index contributed by atoms with van der Waals surface area (Å²) in [6, 6.07) is 2.08. The number of hydrogen-bond acceptors (Lipinski definition) is 5. The first-order chi connectivity index (χ1) is 8.93. The monoisotopic (exact) mass is 279 g/mol. The van der Waals surface area contributed by atoms with Crippen molar-refractivity contribution in [3.05, 3.63) is 28.4 Å². The van der Waals surface area contributed by atoms with Gasteiger partial charge in [0.25, 0.3) is 0 Å². The fourth-order valence-corrected chi connectivity index (χ4v) is 2.42. The molecule has 0 radical (unpaired) electrons. The molecule has 8 heteroatoms. The second kappa shape index (κ2) is 5.96. The summed E-state index contributed by atoms with van der Waals surface area (Å²) in [4.78, 5) is 12.9. The van der Waals surface area contributed by atoms with Crippen LogP contribution >= 0.6 is 0 Å². The van der Waals surface area contributed by atoms with Gasteiger partial charge in [-0.05, 0) is 16.0 Å². The molecule has 1 heterocycles. The van der Waals surface area contributed by atoms with Gasteiger partial charge in [-0.3, -0.25) is 0 Å². The molecule has 0 spiro atoms. The van der Waals surface area contributed by atoms with E-state index in [0.29, 0.717) is 0 Å². The number of rotatable bonds is 5. The van der Waals surface area contributed by atoms with E-state index in [4.69, 9.17) is 12.8 Å². The van der Waals surface area contributed by atoms with Crippen LogP contribution in [0, 0.1) is 34.8 Å². The normalized spacial score (nSPS) is 10.7. The first-order valence-electron chi connectivity index (χ1n) is 4.91. The number of hydrogen-bond donors (Lipinski definition) is 0. The van der Waals surface area contributed by atoms with Crippen molar-refractivity contribution in [2.45, 2.75) is 4.90 Å². The molecule has 0 amide bonds. The molecular formula is C11H9N3O4S. The SMILES string of the molecule is C#CCN(CC#C)S(=O)(=O)c1ccc([N+](=O)[O-])nc1. The summed E-state index contributed by atoms with van der Waals surface area (Å²) in [5.41, 5.74) is 0. The van der Waals surface area contributed by atoms with Gasteiger partial charge in [0.2, 0.25) is 10.0 Å². The Kier molecular flexibility index (Phi) is 4.59. The van der Waals surface area contributed by atoms with Crippen LogP contribution in [-0.4, -0.2) is 35.7 Å². The van der Waals surface area contributed by atoms with Gasteiger partial charge >= 0.3 is 5.82 Å². The second-order valence-electron chi connectivity index (χ2n) is 3.29. The lowest BCUT2D eigenvalue weighted by atomic mass is 10.5. The first-order valence-corrected chi connectivity index (χ1v) is 6.35. The van der Waals surface area contributed by atoms with Gasteiger partial charge < -0.3 is 10.1 Å². The number of pyridine rings is 1. The second-order valence-corrected chi connectivity index (χ2v) is 5.23. The van der Waals surface area contributed by atoms with Crippen LogP contribution in [0.2, 0.25) is 0 Å². The lowest BCUT2D eigenvalue weighted by molar-refractivity contribution is -0.389. The van der Waals surface area contributed by atoms with Gasteiger partial charge in [0.1, 0.15) is 4.90 Å². The molecule has 19 heavy (non-hydrogen) atoms. The van der Waals surface area contributed by atoms with E-state index in [0.717, 1.165) is 22.6 Å². The van der Waals surface area contributed by atoms with E-state index >= 15 is 0 Å². The fourth-order valence-electron chi connectivity index (χ4n) is 1.21. The zero-order valence-electron chi connectivity index (χ0n) is 9.68. The van der Waals surface area contributed by atoms with E-state index in [2.05, 4.69) is 16.8 Å². The standard InChI is InChI=1S/C11H9N3O4S/c1-3-7-13(8-4-2)19(17,18)10-5-6-11(12-9-10)14(15)16/h1-2,5-6,9H,7-8H2. The molecule has 0 aliphatic rings. The van der Waals surface area contributed by atoms with Gasteiger partial charge in [-0.1, -0.05) is 11.8 Å². The van der Waals surface area contributed by atoms with Crippen LogP contribution in [0.15, 0.2) is 23.2 Å². The molecule has 98 valence electrons. The molecule has 0 bridgehead atoms. The molecular weight excluding hydrogens is 270 g/mol. The molecule has 1 rings (SSSR count). The fraction of sp³-hybridized carbons (Fsp3) is 0.182. The Bertz CT molecular complexity index is 637. The summed E-state index contributed by atoms with van der Waals surface area (Å²) < 4.78 is 25.1. The van der Waals surface area contributed by atoms with Crippen LogP contribution < -0.4 is 0 Å². The van der Waals surface area contributed by atoms with Crippen molar-refractivity contribution in [2.75, 3.05) is 13.1 Å². The molecule has 0 aromatic carbocycles. The molecule has 0 saturated heterocycles. The summed E-state index contributed by atoms with van der Waals surface area (Å²) in [6.07, 6.45) is 11.0. The smallest absolute Gasteiger partial charge is 0.358 e. The number of nitro groups is 1. The molecule has 0 aliphatic carbocycles. The summed E-state index contributed by atoms with van der Waals surface area (Å²) >= 11 is 0. The van der Waals surface area contributed by atoms with Crippen LogP contribution in [-0.2, 0) is 10.0 Å². The molecule has 0 aliphatic heterocycles. The topological polar surface area (TPSA) is 93.4 Å². The van der Waals surface area contributed by atoms with Crippen molar-refractivity contribution in [1.82, 2.24) is 9.29 Å². The van der Waals surface area contributed by atoms with E-state index < -0.39 is 20.8 Å². The number of terminal acetylenes is 2. The highest BCUT2D eigenvalue weighted by Crippen LogP contribution is 2.16. The van der Waals surface area contributed by atoms with E-state index in [-0.39, 0.29) is 18.0 Å². The van der Waals surface area contributed by atoms with Crippen molar-refractivity contribution in [2.24, 2.45) is 0 Å². The van der Waals surface area contributed by atoms with E-state index in [1.165, 1.54) is 0 Å². The summed E-state index contributed by atoms with van der Waals surface area (Å²) in [6.45, 7) is -0.382. The first kappa shape index (κ1) is 14.6. The molecule has 0 unspecified atom stereocenters. The lowest BCUT2D eigenvalue weighted by Crippen LogP contribution is -2.31. The van der Waals surface area contributed by atoms with Crippen molar-refractivity contribution in [3.63, 3.8) is 0 Å². The quantitative estimate of drug-likeness (QED) is 0.437. The Morgan fingerprint density at radius 1 is 1.32 bits per heavy atom. The third kappa shape index (κ3) is 3.28. The van der Waals surface area contributed by atoms with Gasteiger partial charge in [0, 0.05) is 6.07 Å². The lowest BCUT2D eigenvalue weighted by Gasteiger charge is -2.16. The zero-order valence-corrected chi connectivity index (χ0v) is 10.5. The Labute approximate surface area is 110 Å². The minimum absolute atomic E-state index is 0.191. The van der Waals surface area contributed by atoms with E-state index in [1.807, 2.05) is 0 Å². The van der Waals surface area contributed by atoms with Crippen molar-refractivity contribution >= 4 is 15.8 Å². The third-order valence-corrected chi connectivity index (χ3v) is 3.86. The Balaban J connectivity index is 3.15. The van der Waals surface area contributed by atoms with Crippen LogP contribution in [0.5, 0.6) is 0 Å². The average Bonchev–Trinajstić information content (AvgIpc) is 2.38. The molecule has 0 saturated carbocycles.